The second-order valence-electron chi connectivity index (χ2n) is 2.88. The Balaban J connectivity index is 0.000000364. The maximum Gasteiger partial charge on any atom is 2.00 e. The molecule has 0 saturated heterocycles. The van der Waals surface area contributed by atoms with Crippen LogP contribution in [0.4, 0.5) is 0 Å². The monoisotopic (exact) mass is 374 g/mol. The quantitative estimate of drug-likeness (QED) is 0.279. The van der Waals surface area contributed by atoms with E-state index in [1.165, 1.54) is 14.1 Å². The van der Waals surface area contributed by atoms with Gasteiger partial charge in [0.1, 0.15) is 10.1 Å². The molecule has 17 heteroatoms. The molecule has 0 unspecified atom stereocenters. The number of hydrogen-bond acceptors (Lipinski definition) is 8. The summed E-state index contributed by atoms with van der Waals surface area (Å²) in [5, 5.41) is 43.0. The fraction of sp³-hybridized carbons (Fsp3) is 0.500. The van der Waals surface area contributed by atoms with Crippen LogP contribution in [0.1, 0.15) is 0 Å². The molecule has 0 aliphatic rings. The molecule has 2 aromatic heterocycles. The Bertz CT molecular complexity index is 657. The summed E-state index contributed by atoms with van der Waals surface area (Å²) in [6, 6.07) is 0. The Morgan fingerprint density at radius 3 is 1.48 bits per heavy atom. The van der Waals surface area contributed by atoms with Gasteiger partial charge in [0.15, 0.2) is 11.2 Å². The average molecular weight is 374 g/mol. The summed E-state index contributed by atoms with van der Waals surface area (Å²) in [6.07, 6.45) is 0. The van der Waals surface area contributed by atoms with Crippen molar-refractivity contribution in [3.63, 3.8) is 0 Å². The van der Waals surface area contributed by atoms with Crippen LogP contribution in [0.25, 0.3) is 0 Å². The number of tetrazole rings is 2. The van der Waals surface area contributed by atoms with Gasteiger partial charge in [-0.15, -0.1) is 10.4 Å². The Labute approximate surface area is 151 Å². The third-order valence-electron chi connectivity index (χ3n) is 1.54. The van der Waals surface area contributed by atoms with Gasteiger partial charge in [-0.2, -0.15) is 0 Å². The molecule has 0 fully saturated rings. The van der Waals surface area contributed by atoms with E-state index in [0.29, 0.717) is 0 Å². The molecular weight excluding hydrogens is 368 g/mol. The molecule has 0 N–H and O–H groups in total. The normalized spacial score (nSPS) is 11.3. The van der Waals surface area contributed by atoms with Crippen molar-refractivity contribution in [2.24, 2.45) is 24.3 Å². The fourth-order valence-corrected chi connectivity index (χ4v) is 0.765. The Hall–Kier alpha value is -1.98. The van der Waals surface area contributed by atoms with Gasteiger partial charge in [-0.25, -0.2) is 40.9 Å². The largest absolute Gasteiger partial charge is 2.00 e. The van der Waals surface area contributed by atoms with E-state index in [2.05, 4.69) is 41.3 Å². The number of nitro groups is 2. The molecule has 0 aromatic carbocycles. The number of rotatable bonds is 2. The van der Waals surface area contributed by atoms with Gasteiger partial charge in [0.25, 0.3) is 0 Å². The van der Waals surface area contributed by atoms with E-state index in [1.54, 1.807) is 0 Å². The van der Waals surface area contributed by atoms with Crippen molar-refractivity contribution < 1.29 is 10.1 Å². The van der Waals surface area contributed by atoms with E-state index in [0.717, 1.165) is 9.36 Å². The number of hydrogen-bond donors (Lipinski definition) is 0. The maximum absolute atomic E-state index is 9.75. The van der Waals surface area contributed by atoms with Crippen molar-refractivity contribution in [2.75, 3.05) is 0 Å². The number of nitrogens with zero attached hydrogens (tertiary/aromatic N) is 12. The third kappa shape index (κ3) is 6.83. The van der Waals surface area contributed by atoms with Gasteiger partial charge < -0.3 is 9.36 Å². The zero-order valence-electron chi connectivity index (χ0n) is 10.7. The SMILES string of the molecule is Cn1nn[n-]/c1=N/[N+](=O)[O-].Cn1nn[n-]/c1=N\[N+](=O)[O-].[Sr+2]. The van der Waals surface area contributed by atoms with Crippen LogP contribution in [0, 0.1) is 20.2 Å². The Morgan fingerprint density at radius 1 is 0.952 bits per heavy atom. The zero-order chi connectivity index (χ0) is 15.1. The average Bonchev–Trinajstić information content (AvgIpc) is 2.90. The fourth-order valence-electron chi connectivity index (χ4n) is 0.765. The molecule has 16 nitrogen and oxygen atoms in total. The van der Waals surface area contributed by atoms with E-state index in [9.17, 15) is 20.2 Å². The van der Waals surface area contributed by atoms with E-state index in [-0.39, 0.29) is 56.7 Å². The van der Waals surface area contributed by atoms with Crippen LogP contribution in [0.5, 0.6) is 0 Å². The molecular formula is C4H6N12O4Sr. The van der Waals surface area contributed by atoms with E-state index in [4.69, 9.17) is 0 Å². The molecule has 2 rings (SSSR count). The van der Waals surface area contributed by atoms with Crippen molar-refractivity contribution in [1.82, 2.24) is 40.4 Å². The molecule has 108 valence electrons. The molecule has 0 amide bonds. The second kappa shape index (κ2) is 9.05. The van der Waals surface area contributed by atoms with Gasteiger partial charge in [0.05, 0.1) is 0 Å². The van der Waals surface area contributed by atoms with E-state index < -0.39 is 10.1 Å². The van der Waals surface area contributed by atoms with Crippen molar-refractivity contribution in [3.8, 4) is 0 Å². The molecule has 2 heterocycles. The van der Waals surface area contributed by atoms with Crippen molar-refractivity contribution in [2.45, 2.75) is 0 Å². The third-order valence-corrected chi connectivity index (χ3v) is 1.54. The first kappa shape index (κ1) is 19.0. The molecule has 0 aliphatic heterocycles. The second-order valence-corrected chi connectivity index (χ2v) is 2.88. The molecule has 0 bridgehead atoms. The first-order valence-corrected chi connectivity index (χ1v) is 4.57. The molecule has 0 saturated carbocycles. The molecule has 0 radical (unpaired) electrons. The summed E-state index contributed by atoms with van der Waals surface area (Å²) in [6.45, 7) is 0. The van der Waals surface area contributed by atoms with Gasteiger partial charge >= 0.3 is 45.5 Å². The van der Waals surface area contributed by atoms with E-state index >= 15 is 0 Å². The van der Waals surface area contributed by atoms with E-state index in [1.807, 2.05) is 0 Å². The minimum absolute atomic E-state index is 0. The predicted octanol–water partition coefficient (Wildman–Crippen LogP) is -4.65. The smallest absolute Gasteiger partial charge is 0.329 e. The van der Waals surface area contributed by atoms with Gasteiger partial charge in [-0.05, 0) is 24.3 Å². The maximum atomic E-state index is 9.75. The first-order valence-electron chi connectivity index (χ1n) is 4.57. The summed E-state index contributed by atoms with van der Waals surface area (Å²) in [7, 11) is 2.92. The summed E-state index contributed by atoms with van der Waals surface area (Å²) in [4.78, 5) is 19.5. The number of aryl methyl sites for hydroxylation is 2. The summed E-state index contributed by atoms with van der Waals surface area (Å²) >= 11 is 0. The minimum atomic E-state index is -0.855. The van der Waals surface area contributed by atoms with Crippen LogP contribution in [0.15, 0.2) is 10.2 Å². The standard InChI is InChI=1S/2C2H3N6O2.Sr/c2*1-7-2(3-5-6-7)4-8(9)10;/h2*1H3;/q2*-1;+2. The van der Waals surface area contributed by atoms with Gasteiger partial charge in [0, 0.05) is 0 Å². The van der Waals surface area contributed by atoms with Crippen molar-refractivity contribution >= 4 is 45.5 Å². The summed E-state index contributed by atoms with van der Waals surface area (Å²) < 4.78 is 2.20. The molecule has 0 aliphatic carbocycles. The molecule has 0 spiro atoms. The summed E-state index contributed by atoms with van der Waals surface area (Å²) in [5.74, 6) is 0. The van der Waals surface area contributed by atoms with Crippen LogP contribution in [-0.4, -0.2) is 85.8 Å². The Morgan fingerprint density at radius 2 is 1.29 bits per heavy atom. The zero-order valence-corrected chi connectivity index (χ0v) is 14.2. The minimum Gasteiger partial charge on any atom is -0.329 e. The van der Waals surface area contributed by atoms with Crippen LogP contribution in [0.3, 0.4) is 0 Å². The molecule has 2 aromatic rings. The first-order chi connectivity index (χ1) is 9.40. The van der Waals surface area contributed by atoms with Crippen molar-refractivity contribution in [1.29, 1.82) is 0 Å². The van der Waals surface area contributed by atoms with Gasteiger partial charge in [-0.3, -0.25) is 0 Å². The van der Waals surface area contributed by atoms with Crippen LogP contribution in [-0.2, 0) is 14.1 Å². The van der Waals surface area contributed by atoms with Gasteiger partial charge in [0.2, 0.25) is 0 Å². The molecule has 21 heavy (non-hydrogen) atoms. The van der Waals surface area contributed by atoms with Crippen LogP contribution in [0.2, 0.25) is 0 Å². The van der Waals surface area contributed by atoms with Crippen LogP contribution >= 0.6 is 0 Å². The molecule has 0 atom stereocenters. The van der Waals surface area contributed by atoms with Crippen molar-refractivity contribution in [3.05, 3.63) is 31.5 Å². The number of aromatic nitrogens is 8. The van der Waals surface area contributed by atoms with Crippen LogP contribution < -0.4 is 21.4 Å². The Kier molecular flexibility index (Phi) is 8.20. The topological polar surface area (TPSA) is 201 Å². The predicted molar refractivity (Wildman–Crippen MR) is 59.5 cm³/mol. The van der Waals surface area contributed by atoms with Gasteiger partial charge in [-0.1, -0.05) is 0 Å². The summed E-state index contributed by atoms with van der Waals surface area (Å²) in [5.41, 5.74) is -0.241.